The predicted molar refractivity (Wildman–Crippen MR) is 87.4 cm³/mol. The van der Waals surface area contributed by atoms with Gasteiger partial charge in [-0.2, -0.15) is 0 Å². The van der Waals surface area contributed by atoms with Crippen LogP contribution in [0.3, 0.4) is 0 Å². The zero-order chi connectivity index (χ0) is 25.6. The van der Waals surface area contributed by atoms with Crippen LogP contribution in [0, 0.1) is 0 Å². The van der Waals surface area contributed by atoms with Gasteiger partial charge < -0.3 is 71.8 Å². The molecular formula is C9H18N3Na10O15P5. The summed E-state index contributed by atoms with van der Waals surface area (Å²) in [4.78, 5) is 111. The summed E-state index contributed by atoms with van der Waals surface area (Å²) in [6, 6.07) is 0. The van der Waals surface area contributed by atoms with Crippen molar-refractivity contribution >= 4 is 38.0 Å². The van der Waals surface area contributed by atoms with Crippen LogP contribution in [-0.2, 0) is 22.8 Å². The smallest absolute Gasteiger partial charge is 0.810 e. The Labute approximate surface area is 466 Å². The van der Waals surface area contributed by atoms with Gasteiger partial charge in [-0.25, -0.2) is 0 Å². The summed E-state index contributed by atoms with van der Waals surface area (Å²) in [6.45, 7) is -2.82. The second-order valence-electron chi connectivity index (χ2n) is 6.67. The Morgan fingerprint density at radius 1 is 0.286 bits per heavy atom. The SMILES string of the molecule is O=P([O-])([O-])CN(CCN(CP(=O)([O-])[O-])CP(=O)([O-])[O-])CCN(CP(=O)([O-])[O-])CP(=O)([O-])[O-].[Na+].[Na+].[Na+].[Na+].[Na+].[Na+].[Na+].[Na+].[Na+].[Na+]. The summed E-state index contributed by atoms with van der Waals surface area (Å²) in [5.74, 6) is 0. The van der Waals surface area contributed by atoms with Gasteiger partial charge in [0.2, 0.25) is 0 Å². The van der Waals surface area contributed by atoms with Crippen LogP contribution >= 0.6 is 38.0 Å². The maximum atomic E-state index is 11.1. The van der Waals surface area contributed by atoms with Crippen LogP contribution in [0.2, 0.25) is 0 Å². The van der Waals surface area contributed by atoms with Gasteiger partial charge in [-0.15, -0.1) is 0 Å². The van der Waals surface area contributed by atoms with Crippen molar-refractivity contribution in [2.24, 2.45) is 0 Å². The largest absolute Gasteiger partial charge is 1.00 e. The molecule has 0 spiro atoms. The van der Waals surface area contributed by atoms with E-state index in [1.54, 1.807) is 0 Å². The third-order valence-electron chi connectivity index (χ3n) is 3.33. The Bertz CT molecular complexity index is 754. The molecule has 0 aromatic carbocycles. The number of rotatable bonds is 16. The quantitative estimate of drug-likeness (QED) is 0.103. The van der Waals surface area contributed by atoms with Crippen LogP contribution in [-0.4, -0.2) is 72.3 Å². The molecule has 0 aliphatic carbocycles. The topological polar surface area (TPSA) is 326 Å². The van der Waals surface area contributed by atoms with Crippen LogP contribution in [0.25, 0.3) is 0 Å². The molecule has 0 aliphatic heterocycles. The van der Waals surface area contributed by atoms with Crippen LogP contribution in [0.4, 0.5) is 0 Å². The molecule has 0 aromatic rings. The molecule has 0 N–H and O–H groups in total. The fraction of sp³-hybridized carbons (Fsp3) is 1.00. The second kappa shape index (κ2) is 38.5. The third-order valence-corrected chi connectivity index (χ3v) is 7.06. The summed E-state index contributed by atoms with van der Waals surface area (Å²) >= 11 is 0. The first-order valence-electron chi connectivity index (χ1n) is 8.17. The van der Waals surface area contributed by atoms with E-state index in [1.165, 1.54) is 0 Å². The van der Waals surface area contributed by atoms with Gasteiger partial charge in [-0.3, -0.25) is 14.7 Å². The van der Waals surface area contributed by atoms with Crippen LogP contribution < -0.4 is 345 Å². The molecule has 42 heavy (non-hydrogen) atoms. The molecule has 0 saturated carbocycles. The maximum absolute atomic E-state index is 11.1. The van der Waals surface area contributed by atoms with Crippen molar-refractivity contribution in [2.45, 2.75) is 0 Å². The summed E-state index contributed by atoms with van der Waals surface area (Å²) in [6.07, 6.45) is -7.03. The summed E-state index contributed by atoms with van der Waals surface area (Å²) < 4.78 is 54.6. The minimum absolute atomic E-state index is 0. The average Bonchev–Trinajstić information content (AvgIpc) is 2.41. The molecule has 0 fully saturated rings. The van der Waals surface area contributed by atoms with Crippen molar-refractivity contribution in [2.75, 3.05) is 57.6 Å². The molecule has 0 heterocycles. The van der Waals surface area contributed by atoms with Crippen molar-refractivity contribution in [3.63, 3.8) is 0 Å². The van der Waals surface area contributed by atoms with E-state index in [9.17, 15) is 71.8 Å². The molecule has 0 aromatic heterocycles. The van der Waals surface area contributed by atoms with Crippen molar-refractivity contribution < 1.29 is 367 Å². The number of hydrogen-bond donors (Lipinski definition) is 0. The minimum Gasteiger partial charge on any atom is -0.810 e. The fourth-order valence-electron chi connectivity index (χ4n) is 2.42. The Morgan fingerprint density at radius 2 is 0.405 bits per heavy atom. The second-order valence-corrected chi connectivity index (χ2v) is 14.2. The van der Waals surface area contributed by atoms with E-state index >= 15 is 0 Å². The van der Waals surface area contributed by atoms with E-state index in [-0.39, 0.29) is 296 Å². The van der Waals surface area contributed by atoms with Gasteiger partial charge >= 0.3 is 296 Å². The van der Waals surface area contributed by atoms with Gasteiger partial charge in [0.25, 0.3) is 0 Å². The maximum Gasteiger partial charge on any atom is 1.00 e. The molecule has 0 saturated heterocycles. The van der Waals surface area contributed by atoms with Crippen LogP contribution in [0.1, 0.15) is 0 Å². The van der Waals surface area contributed by atoms with Gasteiger partial charge in [0.1, 0.15) is 0 Å². The molecular weight excluding hydrogens is 775 g/mol. The first-order chi connectivity index (χ1) is 13.9. The predicted octanol–water partition coefficient (Wildman–Crippen LogP) is -38.7. The van der Waals surface area contributed by atoms with E-state index in [0.717, 1.165) is 0 Å². The van der Waals surface area contributed by atoms with E-state index in [2.05, 4.69) is 0 Å². The molecule has 0 rings (SSSR count). The fourth-order valence-corrected chi connectivity index (χ4v) is 6.43. The average molecular weight is 793 g/mol. The summed E-state index contributed by atoms with van der Waals surface area (Å²) in [5.41, 5.74) is 0. The molecule has 0 aliphatic rings. The van der Waals surface area contributed by atoms with E-state index in [0.29, 0.717) is 14.7 Å². The van der Waals surface area contributed by atoms with Crippen molar-refractivity contribution in [3.05, 3.63) is 0 Å². The van der Waals surface area contributed by atoms with Crippen LogP contribution in [0.5, 0.6) is 0 Å². The summed E-state index contributed by atoms with van der Waals surface area (Å²) in [5, 5.41) is 0. The van der Waals surface area contributed by atoms with Gasteiger partial charge in [-0.1, -0.05) is 38.0 Å². The van der Waals surface area contributed by atoms with Gasteiger partial charge in [-0.05, 0) is 0 Å². The van der Waals surface area contributed by atoms with Crippen molar-refractivity contribution in [1.29, 1.82) is 0 Å². The Balaban J connectivity index is -0.000000107. The number of nitrogens with zero attached hydrogens (tertiary/aromatic N) is 3. The monoisotopic (exact) mass is 793 g/mol. The molecule has 0 unspecified atom stereocenters. The Morgan fingerprint density at radius 3 is 0.548 bits per heavy atom. The van der Waals surface area contributed by atoms with Crippen molar-refractivity contribution in [3.8, 4) is 0 Å². The molecule has 0 amide bonds. The Kier molecular flexibility index (Phi) is 74.2. The zero-order valence-electron chi connectivity index (χ0n) is 26.1. The molecule has 0 radical (unpaired) electrons. The zero-order valence-corrected chi connectivity index (χ0v) is 50.5. The molecule has 0 bridgehead atoms. The first-order valence-corrected chi connectivity index (χ1v) is 16.8. The minimum atomic E-state index is -5.37. The van der Waals surface area contributed by atoms with Gasteiger partial charge in [0, 0.05) is 57.6 Å². The standard InChI is InChI=1S/C9H28N3O15P5.10Na/c13-28(14,15)5-10(1-3-11(6-29(16,17)18)7-30(19,20)21)2-4-12(8-31(22,23)24)9-32(25,26)27;;;;;;;;;;/h1-9H2,(H2,13,14,15)(H2,16,17,18)(H2,19,20,21)(H2,22,23,24)(H2,25,26,27);;;;;;;;;;/q;10*+1/p-10. The molecule has 33 heteroatoms. The van der Waals surface area contributed by atoms with Gasteiger partial charge in [0.05, 0.1) is 0 Å². The first kappa shape index (κ1) is 81.0. The van der Waals surface area contributed by atoms with Gasteiger partial charge in [0.15, 0.2) is 0 Å². The Hall–Kier alpha value is 10.6. The normalized spacial score (nSPS) is 11.2. The van der Waals surface area contributed by atoms with E-state index in [4.69, 9.17) is 0 Å². The molecule has 0 atom stereocenters. The molecule has 194 valence electrons. The van der Waals surface area contributed by atoms with Crippen LogP contribution in [0.15, 0.2) is 0 Å². The van der Waals surface area contributed by atoms with Crippen molar-refractivity contribution in [1.82, 2.24) is 14.7 Å². The third kappa shape index (κ3) is 59.9. The number of hydrogen-bond acceptors (Lipinski definition) is 18. The van der Waals surface area contributed by atoms with E-state index in [1.807, 2.05) is 0 Å². The van der Waals surface area contributed by atoms with E-state index < -0.39 is 95.6 Å². The summed E-state index contributed by atoms with van der Waals surface area (Å²) in [7, 11) is -26.8. The molecule has 18 nitrogen and oxygen atoms in total.